The number of hydrogen-bond donors (Lipinski definition) is 2. The van der Waals surface area contributed by atoms with Crippen molar-refractivity contribution >= 4 is 0 Å². The van der Waals surface area contributed by atoms with Gasteiger partial charge in [0.25, 0.3) is 0 Å². The molecule has 0 amide bonds. The van der Waals surface area contributed by atoms with E-state index < -0.39 is 0 Å². The van der Waals surface area contributed by atoms with Crippen LogP contribution in [-0.4, -0.2) is 36.5 Å². The van der Waals surface area contributed by atoms with E-state index in [2.05, 4.69) is 19.2 Å². The van der Waals surface area contributed by atoms with Crippen LogP contribution in [0.3, 0.4) is 0 Å². The highest BCUT2D eigenvalue weighted by Gasteiger charge is 2.21. The van der Waals surface area contributed by atoms with Crippen LogP contribution in [0, 0.1) is 0 Å². The van der Waals surface area contributed by atoms with Crippen molar-refractivity contribution in [1.29, 1.82) is 0 Å². The summed E-state index contributed by atoms with van der Waals surface area (Å²) in [4.78, 5) is 0. The fourth-order valence-electron chi connectivity index (χ4n) is 2.09. The molecule has 1 aliphatic rings. The molecule has 1 fully saturated rings. The van der Waals surface area contributed by atoms with Gasteiger partial charge in [0.15, 0.2) is 0 Å². The van der Waals surface area contributed by atoms with E-state index >= 15 is 0 Å². The molecule has 0 saturated heterocycles. The molecule has 3 nitrogen and oxygen atoms in total. The minimum absolute atomic E-state index is 0.143. The van der Waals surface area contributed by atoms with Gasteiger partial charge >= 0.3 is 0 Å². The van der Waals surface area contributed by atoms with Gasteiger partial charge < -0.3 is 15.2 Å². The van der Waals surface area contributed by atoms with Gasteiger partial charge in [-0.05, 0) is 25.7 Å². The van der Waals surface area contributed by atoms with Gasteiger partial charge in [-0.25, -0.2) is 0 Å². The largest absolute Gasteiger partial charge is 0.394 e. The van der Waals surface area contributed by atoms with Crippen LogP contribution >= 0.6 is 0 Å². The first-order valence-electron chi connectivity index (χ1n) is 5.71. The standard InChI is InChI=1S/C11H23NO2/c1-9(2)12-10-3-5-11(6-4-10)14-8-7-13/h9-13H,3-8H2,1-2H3. The summed E-state index contributed by atoms with van der Waals surface area (Å²) in [6.07, 6.45) is 5.05. The molecule has 14 heavy (non-hydrogen) atoms. The van der Waals surface area contributed by atoms with E-state index in [0.29, 0.717) is 24.8 Å². The molecule has 84 valence electrons. The summed E-state index contributed by atoms with van der Waals surface area (Å²) in [5.74, 6) is 0. The van der Waals surface area contributed by atoms with Crippen molar-refractivity contribution in [2.45, 2.75) is 57.7 Å². The number of ether oxygens (including phenoxy) is 1. The van der Waals surface area contributed by atoms with Crippen LogP contribution in [0.2, 0.25) is 0 Å². The Morgan fingerprint density at radius 3 is 2.43 bits per heavy atom. The van der Waals surface area contributed by atoms with E-state index in [1.165, 1.54) is 12.8 Å². The molecule has 1 rings (SSSR count). The maximum atomic E-state index is 8.63. The predicted molar refractivity (Wildman–Crippen MR) is 57.4 cm³/mol. The Hall–Kier alpha value is -0.120. The zero-order chi connectivity index (χ0) is 10.4. The van der Waals surface area contributed by atoms with Crippen LogP contribution in [0.15, 0.2) is 0 Å². The maximum Gasteiger partial charge on any atom is 0.0701 e. The lowest BCUT2D eigenvalue weighted by atomic mass is 9.92. The van der Waals surface area contributed by atoms with Gasteiger partial charge in [-0.1, -0.05) is 13.8 Å². The zero-order valence-corrected chi connectivity index (χ0v) is 9.33. The summed E-state index contributed by atoms with van der Waals surface area (Å²) >= 11 is 0. The first-order chi connectivity index (χ1) is 6.72. The molecule has 1 aliphatic carbocycles. The van der Waals surface area contributed by atoms with Gasteiger partial charge in [-0.3, -0.25) is 0 Å². The van der Waals surface area contributed by atoms with E-state index in [1.807, 2.05) is 0 Å². The highest BCUT2D eigenvalue weighted by molar-refractivity contribution is 4.78. The van der Waals surface area contributed by atoms with E-state index in [4.69, 9.17) is 9.84 Å². The molecule has 1 saturated carbocycles. The number of hydrogen-bond acceptors (Lipinski definition) is 3. The van der Waals surface area contributed by atoms with Gasteiger partial charge in [0.2, 0.25) is 0 Å². The molecular formula is C11H23NO2. The molecule has 0 aliphatic heterocycles. The Morgan fingerprint density at radius 1 is 1.29 bits per heavy atom. The van der Waals surface area contributed by atoms with E-state index in [1.54, 1.807) is 0 Å². The minimum Gasteiger partial charge on any atom is -0.394 e. The third-order valence-corrected chi connectivity index (χ3v) is 2.69. The molecule has 0 bridgehead atoms. The van der Waals surface area contributed by atoms with E-state index in [0.717, 1.165) is 12.8 Å². The van der Waals surface area contributed by atoms with E-state index in [9.17, 15) is 0 Å². The summed E-state index contributed by atoms with van der Waals surface area (Å²) in [5, 5.41) is 12.2. The molecule has 0 radical (unpaired) electrons. The van der Waals surface area contributed by atoms with Crippen LogP contribution in [0.1, 0.15) is 39.5 Å². The Bertz CT molecular complexity index is 142. The molecule has 0 unspecified atom stereocenters. The number of rotatable bonds is 5. The van der Waals surface area contributed by atoms with Crippen molar-refractivity contribution in [1.82, 2.24) is 5.32 Å². The molecule has 2 N–H and O–H groups in total. The number of aliphatic hydroxyl groups excluding tert-OH is 1. The second kappa shape index (κ2) is 6.38. The Kier molecular flexibility index (Phi) is 5.45. The predicted octanol–water partition coefficient (Wildman–Crippen LogP) is 1.30. The van der Waals surface area contributed by atoms with Gasteiger partial charge in [0, 0.05) is 12.1 Å². The topological polar surface area (TPSA) is 41.5 Å². The van der Waals surface area contributed by atoms with Crippen LogP contribution in [0.4, 0.5) is 0 Å². The average Bonchev–Trinajstić information content (AvgIpc) is 2.16. The van der Waals surface area contributed by atoms with Crippen molar-refractivity contribution in [2.24, 2.45) is 0 Å². The molecule has 0 heterocycles. The molecule has 0 aromatic rings. The summed E-state index contributed by atoms with van der Waals surface area (Å²) in [6.45, 7) is 5.01. The number of nitrogens with one attached hydrogen (secondary N) is 1. The van der Waals surface area contributed by atoms with Crippen molar-refractivity contribution < 1.29 is 9.84 Å². The lowest BCUT2D eigenvalue weighted by Gasteiger charge is -2.30. The highest BCUT2D eigenvalue weighted by atomic mass is 16.5. The summed E-state index contributed by atoms with van der Waals surface area (Å²) < 4.78 is 5.51. The highest BCUT2D eigenvalue weighted by Crippen LogP contribution is 2.21. The summed E-state index contributed by atoms with van der Waals surface area (Å²) in [6, 6.07) is 1.25. The van der Waals surface area contributed by atoms with Crippen molar-refractivity contribution in [3.63, 3.8) is 0 Å². The third-order valence-electron chi connectivity index (χ3n) is 2.69. The monoisotopic (exact) mass is 201 g/mol. The van der Waals surface area contributed by atoms with Gasteiger partial charge in [-0.15, -0.1) is 0 Å². The fourth-order valence-corrected chi connectivity index (χ4v) is 2.09. The van der Waals surface area contributed by atoms with E-state index in [-0.39, 0.29) is 6.61 Å². The molecule has 0 aromatic heterocycles. The minimum atomic E-state index is 0.143. The lowest BCUT2D eigenvalue weighted by molar-refractivity contribution is 0.00369. The summed E-state index contributed by atoms with van der Waals surface area (Å²) in [7, 11) is 0. The maximum absolute atomic E-state index is 8.63. The number of aliphatic hydroxyl groups is 1. The molecule has 0 aromatic carbocycles. The van der Waals surface area contributed by atoms with Crippen molar-refractivity contribution in [3.8, 4) is 0 Å². The smallest absolute Gasteiger partial charge is 0.0701 e. The van der Waals surface area contributed by atoms with Crippen LogP contribution in [0.25, 0.3) is 0 Å². The van der Waals surface area contributed by atoms with Gasteiger partial charge in [0.1, 0.15) is 0 Å². The zero-order valence-electron chi connectivity index (χ0n) is 9.33. The molecule has 0 atom stereocenters. The van der Waals surface area contributed by atoms with Gasteiger partial charge in [0.05, 0.1) is 19.3 Å². The second-order valence-corrected chi connectivity index (χ2v) is 4.39. The van der Waals surface area contributed by atoms with Crippen LogP contribution < -0.4 is 5.32 Å². The van der Waals surface area contributed by atoms with Crippen LogP contribution in [0.5, 0.6) is 0 Å². The first kappa shape index (κ1) is 12.0. The first-order valence-corrected chi connectivity index (χ1v) is 5.71. The van der Waals surface area contributed by atoms with Crippen molar-refractivity contribution in [3.05, 3.63) is 0 Å². The summed E-state index contributed by atoms with van der Waals surface area (Å²) in [5.41, 5.74) is 0. The average molecular weight is 201 g/mol. The fraction of sp³-hybridized carbons (Fsp3) is 1.00. The molecule has 0 spiro atoms. The SMILES string of the molecule is CC(C)NC1CCC(OCCO)CC1. The quantitative estimate of drug-likeness (QED) is 0.704. The second-order valence-electron chi connectivity index (χ2n) is 4.39. The lowest BCUT2D eigenvalue weighted by Crippen LogP contribution is -2.39. The Morgan fingerprint density at radius 2 is 1.93 bits per heavy atom. The Balaban J connectivity index is 2.11. The van der Waals surface area contributed by atoms with Gasteiger partial charge in [-0.2, -0.15) is 0 Å². The molecule has 3 heteroatoms. The third kappa shape index (κ3) is 4.40. The van der Waals surface area contributed by atoms with Crippen molar-refractivity contribution in [2.75, 3.05) is 13.2 Å². The Labute approximate surface area is 86.8 Å². The molecular weight excluding hydrogens is 178 g/mol. The normalized spacial score (nSPS) is 28.3. The van der Waals surface area contributed by atoms with Crippen LogP contribution in [-0.2, 0) is 4.74 Å².